The summed E-state index contributed by atoms with van der Waals surface area (Å²) in [5.74, 6) is -0.641. The number of fused-ring (bicyclic) bond motifs is 1. The number of aromatic nitrogens is 2. The van der Waals surface area contributed by atoms with Crippen molar-refractivity contribution >= 4 is 11.8 Å². The molecular formula is C16H15F3N4O2. The number of nitrogens with two attached hydrogens (primary N) is 1. The molecule has 6 nitrogen and oxygen atoms in total. The Bertz CT molecular complexity index is 828. The number of benzene rings is 1. The highest BCUT2D eigenvalue weighted by molar-refractivity contribution is 5.91. The Labute approximate surface area is 141 Å². The van der Waals surface area contributed by atoms with Crippen molar-refractivity contribution in [2.45, 2.75) is 19.3 Å². The van der Waals surface area contributed by atoms with Crippen LogP contribution in [0.25, 0.3) is 11.1 Å². The van der Waals surface area contributed by atoms with E-state index in [-0.39, 0.29) is 23.6 Å². The second kappa shape index (κ2) is 6.25. The van der Waals surface area contributed by atoms with Gasteiger partial charge in [-0.1, -0.05) is 30.3 Å². The van der Waals surface area contributed by atoms with Crippen molar-refractivity contribution in [2.75, 3.05) is 11.9 Å². The van der Waals surface area contributed by atoms with Gasteiger partial charge < -0.3 is 15.8 Å². The molecule has 1 atom stereocenters. The van der Waals surface area contributed by atoms with E-state index in [0.717, 1.165) is 4.68 Å². The van der Waals surface area contributed by atoms with Crippen LogP contribution in [0.1, 0.15) is 18.8 Å². The minimum atomic E-state index is -4.68. The Morgan fingerprint density at radius 1 is 1.36 bits per heavy atom. The number of nitrogens with zero attached hydrogens (tertiary/aromatic N) is 2. The maximum Gasteiger partial charge on any atom is 0.435 e. The maximum absolute atomic E-state index is 13.5. The summed E-state index contributed by atoms with van der Waals surface area (Å²) < 4.78 is 46.2. The van der Waals surface area contributed by atoms with Crippen LogP contribution in [-0.2, 0) is 15.7 Å². The van der Waals surface area contributed by atoms with Gasteiger partial charge in [-0.3, -0.25) is 0 Å². The smallest absolute Gasteiger partial charge is 0.435 e. The zero-order valence-corrected chi connectivity index (χ0v) is 13.2. The fourth-order valence-corrected chi connectivity index (χ4v) is 2.61. The minimum absolute atomic E-state index is 0.00909. The summed E-state index contributed by atoms with van der Waals surface area (Å²) in [6.07, 6.45) is -4.61. The summed E-state index contributed by atoms with van der Waals surface area (Å²) in [7, 11) is 0. The first-order valence-electron chi connectivity index (χ1n) is 7.49. The summed E-state index contributed by atoms with van der Waals surface area (Å²) in [6.45, 7) is 1.74. The summed E-state index contributed by atoms with van der Waals surface area (Å²) in [5.41, 5.74) is 5.08. The van der Waals surface area contributed by atoms with Gasteiger partial charge in [-0.15, -0.1) is 0 Å². The lowest BCUT2D eigenvalue weighted by Gasteiger charge is -2.23. The molecule has 25 heavy (non-hydrogen) atoms. The van der Waals surface area contributed by atoms with E-state index in [0.29, 0.717) is 5.56 Å². The molecule has 1 aromatic carbocycles. The predicted molar refractivity (Wildman–Crippen MR) is 84.2 cm³/mol. The van der Waals surface area contributed by atoms with Gasteiger partial charge in [0.25, 0.3) is 0 Å². The summed E-state index contributed by atoms with van der Waals surface area (Å²) in [4.78, 5) is 11.9. The van der Waals surface area contributed by atoms with Crippen LogP contribution in [0.5, 0.6) is 0 Å². The van der Waals surface area contributed by atoms with Crippen LogP contribution < -0.4 is 11.1 Å². The number of alkyl halides is 3. The van der Waals surface area contributed by atoms with Gasteiger partial charge in [-0.05, 0) is 12.5 Å². The van der Waals surface area contributed by atoms with E-state index >= 15 is 0 Å². The van der Waals surface area contributed by atoms with Gasteiger partial charge >= 0.3 is 12.1 Å². The lowest BCUT2D eigenvalue weighted by Crippen LogP contribution is -2.31. The van der Waals surface area contributed by atoms with Gasteiger partial charge in [0.2, 0.25) is 0 Å². The fourth-order valence-electron chi connectivity index (χ4n) is 2.61. The molecule has 0 bridgehead atoms. The van der Waals surface area contributed by atoms with Crippen molar-refractivity contribution in [3.63, 3.8) is 0 Å². The van der Waals surface area contributed by atoms with Crippen molar-refractivity contribution < 1.29 is 22.7 Å². The first kappa shape index (κ1) is 17.0. The topological polar surface area (TPSA) is 82.2 Å². The number of esters is 1. The zero-order chi connectivity index (χ0) is 18.2. The monoisotopic (exact) mass is 352 g/mol. The Morgan fingerprint density at radius 3 is 2.64 bits per heavy atom. The highest BCUT2D eigenvalue weighted by Gasteiger charge is 2.42. The summed E-state index contributed by atoms with van der Waals surface area (Å²) in [5, 5.41) is 6.33. The van der Waals surface area contributed by atoms with Crippen molar-refractivity contribution in [3.05, 3.63) is 47.8 Å². The molecule has 0 radical (unpaired) electrons. The van der Waals surface area contributed by atoms with Crippen LogP contribution in [0.2, 0.25) is 0 Å². The first-order valence-corrected chi connectivity index (χ1v) is 7.49. The number of rotatable bonds is 3. The van der Waals surface area contributed by atoms with E-state index < -0.39 is 24.0 Å². The van der Waals surface area contributed by atoms with Gasteiger partial charge in [0.05, 0.1) is 17.7 Å². The van der Waals surface area contributed by atoms with Gasteiger partial charge in [0.15, 0.2) is 5.69 Å². The molecule has 0 saturated carbocycles. The highest BCUT2D eigenvalue weighted by Crippen LogP contribution is 2.43. The quantitative estimate of drug-likeness (QED) is 0.830. The number of ether oxygens (including phenoxy) is 1. The molecule has 0 spiro atoms. The van der Waals surface area contributed by atoms with E-state index in [1.54, 1.807) is 37.3 Å². The third-order valence-electron chi connectivity index (χ3n) is 3.70. The molecule has 1 aliphatic heterocycles. The molecule has 9 heteroatoms. The highest BCUT2D eigenvalue weighted by atomic mass is 19.4. The second-order valence-electron chi connectivity index (χ2n) is 5.29. The zero-order valence-electron chi connectivity index (χ0n) is 13.2. The summed E-state index contributed by atoms with van der Waals surface area (Å²) in [6, 6.07) is 8.05. The first-order chi connectivity index (χ1) is 11.8. The van der Waals surface area contributed by atoms with Crippen LogP contribution in [0.3, 0.4) is 0 Å². The van der Waals surface area contributed by atoms with Crippen LogP contribution >= 0.6 is 0 Å². The van der Waals surface area contributed by atoms with Crippen molar-refractivity contribution in [1.29, 1.82) is 0 Å². The van der Waals surface area contributed by atoms with Gasteiger partial charge in [-0.25, -0.2) is 9.48 Å². The molecule has 3 N–H and O–H groups in total. The van der Waals surface area contributed by atoms with Gasteiger partial charge in [0.1, 0.15) is 12.0 Å². The predicted octanol–water partition coefficient (Wildman–Crippen LogP) is 2.90. The van der Waals surface area contributed by atoms with E-state index in [4.69, 9.17) is 10.5 Å². The Kier molecular flexibility index (Phi) is 4.25. The molecule has 0 saturated heterocycles. The van der Waals surface area contributed by atoms with Crippen molar-refractivity contribution in [2.24, 2.45) is 5.73 Å². The lowest BCUT2D eigenvalue weighted by atomic mass is 10.0. The number of halogens is 3. The average molecular weight is 352 g/mol. The number of hydrogen-bond donors (Lipinski definition) is 2. The minimum Gasteiger partial charge on any atom is -0.462 e. The maximum atomic E-state index is 13.5. The Balaban J connectivity index is 2.14. The normalized spacial score (nSPS) is 16.7. The molecule has 0 fully saturated rings. The Morgan fingerprint density at radius 2 is 2.04 bits per heavy atom. The Hall–Kier alpha value is -2.81. The molecule has 1 aromatic heterocycles. The molecule has 3 rings (SSSR count). The standard InChI is InChI=1S/C16H15F3N4O2/c1-2-25-15(24)10-8-21-14-11(9-6-4-3-5-7-9)12(16(17,18)19)22-23(14)13(10)20/h3-8,13,21H,2,20H2,1H3. The number of hydrogen-bond acceptors (Lipinski definition) is 5. The third kappa shape index (κ3) is 2.98. The summed E-state index contributed by atoms with van der Waals surface area (Å²) >= 11 is 0. The van der Waals surface area contributed by atoms with Gasteiger partial charge in [0, 0.05) is 6.20 Å². The van der Waals surface area contributed by atoms with E-state index in [2.05, 4.69) is 10.4 Å². The van der Waals surface area contributed by atoms with Crippen LogP contribution in [0.15, 0.2) is 42.1 Å². The SMILES string of the molecule is CCOC(=O)C1=CNc2c(-c3ccccc3)c(C(F)(F)F)nn2C1N. The fraction of sp³-hybridized carbons (Fsp3) is 0.250. The molecule has 0 amide bonds. The number of carbonyl (C=O) groups excluding carboxylic acids is 1. The molecular weight excluding hydrogens is 337 g/mol. The van der Waals surface area contributed by atoms with Crippen LogP contribution in [0, 0.1) is 0 Å². The number of anilines is 1. The lowest BCUT2D eigenvalue weighted by molar-refractivity contribution is -0.141. The second-order valence-corrected chi connectivity index (χ2v) is 5.29. The van der Waals surface area contributed by atoms with Crippen molar-refractivity contribution in [1.82, 2.24) is 9.78 Å². The van der Waals surface area contributed by atoms with E-state index in [1.165, 1.54) is 6.20 Å². The third-order valence-corrected chi connectivity index (χ3v) is 3.70. The van der Waals surface area contributed by atoms with E-state index in [1.807, 2.05) is 0 Å². The van der Waals surface area contributed by atoms with Crippen LogP contribution in [0.4, 0.5) is 19.0 Å². The number of carbonyl (C=O) groups is 1. The van der Waals surface area contributed by atoms with E-state index in [9.17, 15) is 18.0 Å². The van der Waals surface area contributed by atoms with Gasteiger partial charge in [-0.2, -0.15) is 18.3 Å². The largest absolute Gasteiger partial charge is 0.462 e. The molecule has 2 heterocycles. The average Bonchev–Trinajstić information content (AvgIpc) is 2.97. The van der Waals surface area contributed by atoms with Crippen LogP contribution in [-0.4, -0.2) is 22.4 Å². The van der Waals surface area contributed by atoms with Crippen molar-refractivity contribution in [3.8, 4) is 11.1 Å². The molecule has 2 aromatic rings. The molecule has 1 unspecified atom stereocenters. The number of nitrogens with one attached hydrogen (secondary N) is 1. The molecule has 0 aliphatic carbocycles. The molecule has 132 valence electrons. The molecule has 1 aliphatic rings.